The summed E-state index contributed by atoms with van der Waals surface area (Å²) in [6.45, 7) is 0.177. The predicted octanol–water partition coefficient (Wildman–Crippen LogP) is 2.69. The lowest BCUT2D eigenvalue weighted by Gasteiger charge is -2.14. The summed E-state index contributed by atoms with van der Waals surface area (Å²) in [5.74, 6) is 2.20. The van der Waals surface area contributed by atoms with E-state index < -0.39 is 0 Å². The summed E-state index contributed by atoms with van der Waals surface area (Å²) in [4.78, 5) is 12.6. The summed E-state index contributed by atoms with van der Waals surface area (Å²) in [5.41, 5.74) is 0.911. The second kappa shape index (κ2) is 6.57. The molecule has 0 saturated carbocycles. The van der Waals surface area contributed by atoms with E-state index >= 15 is 0 Å². The molecule has 0 saturated heterocycles. The Morgan fingerprint density at radius 2 is 1.58 bits per heavy atom. The van der Waals surface area contributed by atoms with Crippen molar-refractivity contribution in [3.8, 4) is 28.7 Å². The van der Waals surface area contributed by atoms with Gasteiger partial charge in [0.15, 0.2) is 23.0 Å². The molecule has 126 valence electrons. The molecule has 7 heteroatoms. The summed E-state index contributed by atoms with van der Waals surface area (Å²) in [5, 5.41) is 2.80. The van der Waals surface area contributed by atoms with Crippen molar-refractivity contribution in [2.45, 2.75) is 0 Å². The van der Waals surface area contributed by atoms with Gasteiger partial charge in [-0.3, -0.25) is 4.79 Å². The number of hydrogen-bond donors (Lipinski definition) is 1. The zero-order valence-corrected chi connectivity index (χ0v) is 13.5. The molecule has 1 N–H and O–H groups in total. The number of hydrogen-bond acceptors (Lipinski definition) is 6. The number of methoxy groups -OCH3 is 3. The molecule has 2 aromatic rings. The molecule has 24 heavy (non-hydrogen) atoms. The summed E-state index contributed by atoms with van der Waals surface area (Å²) < 4.78 is 26.3. The van der Waals surface area contributed by atoms with Gasteiger partial charge in [-0.05, 0) is 12.1 Å². The van der Waals surface area contributed by atoms with Crippen molar-refractivity contribution in [1.29, 1.82) is 0 Å². The third kappa shape index (κ3) is 2.88. The van der Waals surface area contributed by atoms with Crippen LogP contribution in [0.2, 0.25) is 0 Å². The number of fused-ring (bicyclic) bond motifs is 1. The maximum absolute atomic E-state index is 12.6. The molecule has 0 unspecified atom stereocenters. The fourth-order valence-corrected chi connectivity index (χ4v) is 2.38. The Kier molecular flexibility index (Phi) is 4.33. The SMILES string of the molecule is COc1cc(OC)c(C(=O)Nc2ccc3c(c2)OCO3)cc1OC. The maximum atomic E-state index is 12.6. The van der Waals surface area contributed by atoms with Crippen LogP contribution in [0.25, 0.3) is 0 Å². The lowest BCUT2D eigenvalue weighted by Crippen LogP contribution is -2.13. The van der Waals surface area contributed by atoms with Gasteiger partial charge >= 0.3 is 0 Å². The highest BCUT2D eigenvalue weighted by atomic mass is 16.7. The molecule has 0 aromatic heterocycles. The average molecular weight is 331 g/mol. The minimum Gasteiger partial charge on any atom is -0.496 e. The van der Waals surface area contributed by atoms with Crippen molar-refractivity contribution in [3.63, 3.8) is 0 Å². The molecule has 7 nitrogen and oxygen atoms in total. The number of nitrogens with one attached hydrogen (secondary N) is 1. The first kappa shape index (κ1) is 15.8. The number of anilines is 1. The molecule has 0 fully saturated rings. The lowest BCUT2D eigenvalue weighted by atomic mass is 10.1. The predicted molar refractivity (Wildman–Crippen MR) is 86.6 cm³/mol. The van der Waals surface area contributed by atoms with Gasteiger partial charge in [-0.15, -0.1) is 0 Å². The number of carbonyl (C=O) groups is 1. The average Bonchev–Trinajstić information content (AvgIpc) is 3.08. The van der Waals surface area contributed by atoms with Crippen molar-refractivity contribution in [3.05, 3.63) is 35.9 Å². The number of carbonyl (C=O) groups excluding carboxylic acids is 1. The Bertz CT molecular complexity index is 774. The second-order valence-electron chi connectivity index (χ2n) is 4.93. The molecule has 1 aliphatic heterocycles. The van der Waals surface area contributed by atoms with E-state index in [2.05, 4.69) is 5.32 Å². The van der Waals surface area contributed by atoms with E-state index in [-0.39, 0.29) is 12.7 Å². The van der Waals surface area contributed by atoms with Crippen LogP contribution in [0, 0.1) is 0 Å². The summed E-state index contributed by atoms with van der Waals surface area (Å²) in [7, 11) is 4.51. The van der Waals surface area contributed by atoms with E-state index in [1.165, 1.54) is 21.3 Å². The summed E-state index contributed by atoms with van der Waals surface area (Å²) in [6, 6.07) is 8.35. The largest absolute Gasteiger partial charge is 0.496 e. The third-order valence-corrected chi connectivity index (χ3v) is 3.58. The van der Waals surface area contributed by atoms with Gasteiger partial charge in [-0.25, -0.2) is 0 Å². The van der Waals surface area contributed by atoms with Crippen LogP contribution in [-0.4, -0.2) is 34.0 Å². The van der Waals surface area contributed by atoms with E-state index in [1.807, 2.05) is 0 Å². The van der Waals surface area contributed by atoms with Crippen LogP contribution in [0.3, 0.4) is 0 Å². The van der Waals surface area contributed by atoms with Crippen LogP contribution in [0.1, 0.15) is 10.4 Å². The molecule has 0 radical (unpaired) electrons. The van der Waals surface area contributed by atoms with Crippen LogP contribution in [0.15, 0.2) is 30.3 Å². The van der Waals surface area contributed by atoms with Gasteiger partial charge in [0.05, 0.1) is 26.9 Å². The van der Waals surface area contributed by atoms with E-state index in [4.69, 9.17) is 23.7 Å². The second-order valence-corrected chi connectivity index (χ2v) is 4.93. The first-order valence-electron chi connectivity index (χ1n) is 7.17. The van der Waals surface area contributed by atoms with Crippen LogP contribution in [0.4, 0.5) is 5.69 Å². The standard InChI is InChI=1S/C17H17NO6/c1-20-13-8-15(22-3)14(21-2)7-11(13)17(19)18-10-4-5-12-16(6-10)24-9-23-12/h4-8H,9H2,1-3H3,(H,18,19). The van der Waals surface area contributed by atoms with Gasteiger partial charge in [-0.2, -0.15) is 0 Å². The van der Waals surface area contributed by atoms with Gasteiger partial charge in [0.2, 0.25) is 6.79 Å². The Labute approximate surface area is 139 Å². The van der Waals surface area contributed by atoms with Crippen molar-refractivity contribution in [2.24, 2.45) is 0 Å². The molecule has 1 amide bonds. The van der Waals surface area contributed by atoms with Crippen LogP contribution in [-0.2, 0) is 0 Å². The zero-order valence-electron chi connectivity index (χ0n) is 13.5. The van der Waals surface area contributed by atoms with Crippen LogP contribution in [0.5, 0.6) is 28.7 Å². The Balaban J connectivity index is 1.89. The number of benzene rings is 2. The molecule has 0 aliphatic carbocycles. The van der Waals surface area contributed by atoms with Crippen molar-refractivity contribution < 1.29 is 28.5 Å². The zero-order chi connectivity index (χ0) is 17.1. The van der Waals surface area contributed by atoms with Gasteiger partial charge in [-0.1, -0.05) is 0 Å². The number of ether oxygens (including phenoxy) is 5. The normalized spacial score (nSPS) is 11.8. The summed E-state index contributed by atoms with van der Waals surface area (Å²) >= 11 is 0. The quantitative estimate of drug-likeness (QED) is 0.908. The van der Waals surface area contributed by atoms with Gasteiger partial charge in [0.25, 0.3) is 5.91 Å². The smallest absolute Gasteiger partial charge is 0.259 e. The Morgan fingerprint density at radius 3 is 2.29 bits per heavy atom. The first-order chi connectivity index (χ1) is 11.7. The van der Waals surface area contributed by atoms with E-state index in [1.54, 1.807) is 30.3 Å². The van der Waals surface area contributed by atoms with Gasteiger partial charge < -0.3 is 29.0 Å². The van der Waals surface area contributed by atoms with Crippen molar-refractivity contribution in [2.75, 3.05) is 33.4 Å². The molecule has 0 spiro atoms. The molecule has 0 atom stereocenters. The highest BCUT2D eigenvalue weighted by Gasteiger charge is 2.19. The van der Waals surface area contributed by atoms with Crippen molar-refractivity contribution in [1.82, 2.24) is 0 Å². The third-order valence-electron chi connectivity index (χ3n) is 3.58. The highest BCUT2D eigenvalue weighted by Crippen LogP contribution is 2.36. The Morgan fingerprint density at radius 1 is 0.917 bits per heavy atom. The summed E-state index contributed by atoms with van der Waals surface area (Å²) in [6.07, 6.45) is 0. The highest BCUT2D eigenvalue weighted by molar-refractivity contribution is 6.06. The molecule has 3 rings (SSSR count). The minimum absolute atomic E-state index is 0.177. The molecular formula is C17H17NO6. The fraction of sp³-hybridized carbons (Fsp3) is 0.235. The molecular weight excluding hydrogens is 314 g/mol. The van der Waals surface area contributed by atoms with Gasteiger partial charge in [0, 0.05) is 23.9 Å². The van der Waals surface area contributed by atoms with Crippen LogP contribution < -0.4 is 29.0 Å². The van der Waals surface area contributed by atoms with Crippen molar-refractivity contribution >= 4 is 11.6 Å². The minimum atomic E-state index is -0.341. The maximum Gasteiger partial charge on any atom is 0.259 e. The molecule has 2 aromatic carbocycles. The van der Waals surface area contributed by atoms with Gasteiger partial charge in [0.1, 0.15) is 5.75 Å². The molecule has 1 heterocycles. The van der Waals surface area contributed by atoms with Crippen LogP contribution >= 0.6 is 0 Å². The first-order valence-corrected chi connectivity index (χ1v) is 7.17. The molecule has 0 bridgehead atoms. The van der Waals surface area contributed by atoms with E-state index in [0.29, 0.717) is 40.0 Å². The number of rotatable bonds is 5. The monoisotopic (exact) mass is 331 g/mol. The number of amides is 1. The Hall–Kier alpha value is -3.09. The topological polar surface area (TPSA) is 75.3 Å². The molecule has 1 aliphatic rings. The van der Waals surface area contributed by atoms with E-state index in [9.17, 15) is 4.79 Å². The fourth-order valence-electron chi connectivity index (χ4n) is 2.38. The van der Waals surface area contributed by atoms with E-state index in [0.717, 1.165) is 0 Å². The lowest BCUT2D eigenvalue weighted by molar-refractivity contribution is 0.102.